The molecule has 7 heteroatoms. The summed E-state index contributed by atoms with van der Waals surface area (Å²) in [6.07, 6.45) is 3.41. The van der Waals surface area contributed by atoms with E-state index in [0.717, 1.165) is 40.6 Å². The zero-order valence-corrected chi connectivity index (χ0v) is 19.6. The van der Waals surface area contributed by atoms with Crippen LogP contribution >= 0.6 is 11.3 Å². The van der Waals surface area contributed by atoms with Gasteiger partial charge in [-0.1, -0.05) is 36.4 Å². The van der Waals surface area contributed by atoms with Crippen molar-refractivity contribution in [2.75, 3.05) is 25.1 Å². The minimum absolute atomic E-state index is 0.0879. The molecule has 1 amide bonds. The number of pyridine rings is 1. The Labute approximate surface area is 203 Å². The third kappa shape index (κ3) is 5.00. The molecule has 1 saturated heterocycles. The van der Waals surface area contributed by atoms with Crippen LogP contribution < -0.4 is 10.6 Å². The Bertz CT molecular complexity index is 1220. The van der Waals surface area contributed by atoms with Crippen LogP contribution in [0.4, 0.5) is 11.5 Å². The number of carbonyl (C=O) groups excluding carboxylic acids is 1. The first-order chi connectivity index (χ1) is 16.7. The van der Waals surface area contributed by atoms with Crippen molar-refractivity contribution in [1.29, 1.82) is 0 Å². The number of ether oxygens (including phenoxy) is 1. The molecular formula is C27H26N4O2S. The van der Waals surface area contributed by atoms with E-state index in [-0.39, 0.29) is 11.3 Å². The summed E-state index contributed by atoms with van der Waals surface area (Å²) in [5, 5.41) is 9.57. The van der Waals surface area contributed by atoms with Crippen LogP contribution in [0.15, 0.2) is 84.4 Å². The van der Waals surface area contributed by atoms with E-state index in [0.29, 0.717) is 25.3 Å². The molecule has 2 aromatic heterocycles. The van der Waals surface area contributed by atoms with Gasteiger partial charge in [0.25, 0.3) is 5.91 Å². The summed E-state index contributed by atoms with van der Waals surface area (Å²) in [6.45, 7) is 1.87. The smallest absolute Gasteiger partial charge is 0.251 e. The van der Waals surface area contributed by atoms with Crippen molar-refractivity contribution in [1.82, 2.24) is 15.3 Å². The van der Waals surface area contributed by atoms with Crippen LogP contribution in [0, 0.1) is 0 Å². The van der Waals surface area contributed by atoms with E-state index in [9.17, 15) is 4.79 Å². The summed E-state index contributed by atoms with van der Waals surface area (Å²) in [4.78, 5) is 22.2. The first kappa shape index (κ1) is 22.3. The third-order valence-corrected chi connectivity index (χ3v) is 7.24. The molecule has 4 aromatic rings. The van der Waals surface area contributed by atoms with Crippen molar-refractivity contribution in [2.24, 2.45) is 0 Å². The van der Waals surface area contributed by atoms with Gasteiger partial charge in [-0.2, -0.15) is 0 Å². The third-order valence-electron chi connectivity index (χ3n) is 6.15. The summed E-state index contributed by atoms with van der Waals surface area (Å²) in [6, 6.07) is 23.3. The van der Waals surface area contributed by atoms with Crippen LogP contribution in [-0.2, 0) is 10.2 Å². The van der Waals surface area contributed by atoms with Crippen LogP contribution in [0.25, 0.3) is 11.3 Å². The van der Waals surface area contributed by atoms with Gasteiger partial charge in [-0.25, -0.2) is 9.97 Å². The molecule has 0 spiro atoms. The van der Waals surface area contributed by atoms with E-state index >= 15 is 0 Å². The van der Waals surface area contributed by atoms with Gasteiger partial charge in [-0.15, -0.1) is 11.3 Å². The second-order valence-corrected chi connectivity index (χ2v) is 9.25. The first-order valence-corrected chi connectivity index (χ1v) is 12.3. The molecule has 172 valence electrons. The molecule has 2 N–H and O–H groups in total. The van der Waals surface area contributed by atoms with Gasteiger partial charge >= 0.3 is 0 Å². The lowest BCUT2D eigenvalue weighted by Crippen LogP contribution is -2.44. The number of anilines is 2. The molecule has 34 heavy (non-hydrogen) atoms. The average molecular weight is 471 g/mol. The van der Waals surface area contributed by atoms with Gasteiger partial charge in [0.1, 0.15) is 10.8 Å². The zero-order valence-electron chi connectivity index (χ0n) is 18.7. The number of aromatic nitrogens is 2. The minimum atomic E-state index is -0.216. The van der Waals surface area contributed by atoms with Crippen molar-refractivity contribution in [3.8, 4) is 11.3 Å². The number of amides is 1. The van der Waals surface area contributed by atoms with Crippen LogP contribution in [0.5, 0.6) is 0 Å². The summed E-state index contributed by atoms with van der Waals surface area (Å²) >= 11 is 1.67. The Kier molecular flexibility index (Phi) is 6.65. The van der Waals surface area contributed by atoms with Crippen molar-refractivity contribution in [2.45, 2.75) is 18.3 Å². The van der Waals surface area contributed by atoms with E-state index < -0.39 is 0 Å². The fourth-order valence-corrected chi connectivity index (χ4v) is 5.22. The lowest BCUT2D eigenvalue weighted by molar-refractivity contribution is 0.0486. The van der Waals surface area contributed by atoms with Gasteiger partial charge in [0.2, 0.25) is 0 Å². The van der Waals surface area contributed by atoms with Gasteiger partial charge in [-0.05, 0) is 49.2 Å². The Morgan fingerprint density at radius 1 is 0.971 bits per heavy atom. The molecule has 6 nitrogen and oxygen atoms in total. The summed E-state index contributed by atoms with van der Waals surface area (Å²) < 4.78 is 5.64. The van der Waals surface area contributed by atoms with Gasteiger partial charge in [0.15, 0.2) is 0 Å². The highest BCUT2D eigenvalue weighted by Crippen LogP contribution is 2.38. The summed E-state index contributed by atoms with van der Waals surface area (Å²) in [5.41, 5.74) is 3.38. The monoisotopic (exact) mass is 470 g/mol. The second kappa shape index (κ2) is 10.2. The van der Waals surface area contributed by atoms with Gasteiger partial charge in [-0.3, -0.25) is 4.79 Å². The van der Waals surface area contributed by atoms with Crippen LogP contribution in [0.3, 0.4) is 0 Å². The molecule has 1 aliphatic rings. The predicted molar refractivity (Wildman–Crippen MR) is 136 cm³/mol. The Morgan fingerprint density at radius 2 is 1.74 bits per heavy atom. The Hall–Kier alpha value is -3.55. The van der Waals surface area contributed by atoms with Crippen molar-refractivity contribution >= 4 is 28.7 Å². The molecule has 0 bridgehead atoms. The average Bonchev–Trinajstić information content (AvgIpc) is 3.41. The molecule has 0 atom stereocenters. The maximum absolute atomic E-state index is 13.0. The Balaban J connectivity index is 1.28. The number of nitrogens with zero attached hydrogens (tertiary/aromatic N) is 2. The fourth-order valence-electron chi connectivity index (χ4n) is 4.13. The standard InChI is InChI=1S/C27H26N4O2S/c32-25(21-9-11-22(12-10-21)30-24-8-4-5-15-28-24)29-19-27(13-16-33-17-14-27)26-31-23(18-34-26)20-6-2-1-3-7-20/h1-12,15,18H,13-14,16-17,19H2,(H,28,30)(H,29,32). The topological polar surface area (TPSA) is 76.1 Å². The zero-order chi connectivity index (χ0) is 23.2. The van der Waals surface area contributed by atoms with E-state index in [1.165, 1.54) is 0 Å². The largest absolute Gasteiger partial charge is 0.381 e. The highest BCUT2D eigenvalue weighted by atomic mass is 32.1. The molecule has 0 aliphatic carbocycles. The lowest BCUT2D eigenvalue weighted by Gasteiger charge is -2.35. The van der Waals surface area contributed by atoms with Crippen molar-refractivity contribution in [3.63, 3.8) is 0 Å². The number of carbonyl (C=O) groups is 1. The lowest BCUT2D eigenvalue weighted by atomic mass is 9.80. The van der Waals surface area contributed by atoms with E-state index in [4.69, 9.17) is 9.72 Å². The maximum Gasteiger partial charge on any atom is 0.251 e. The molecule has 5 rings (SSSR count). The van der Waals surface area contributed by atoms with Crippen LogP contribution in [0.1, 0.15) is 28.2 Å². The van der Waals surface area contributed by atoms with Crippen molar-refractivity contribution < 1.29 is 9.53 Å². The molecule has 1 fully saturated rings. The maximum atomic E-state index is 13.0. The van der Waals surface area contributed by atoms with Gasteiger partial charge in [0.05, 0.1) is 5.69 Å². The number of hydrogen-bond acceptors (Lipinski definition) is 6. The summed E-state index contributed by atoms with van der Waals surface area (Å²) in [7, 11) is 0. The normalized spacial score (nSPS) is 14.9. The van der Waals surface area contributed by atoms with Crippen LogP contribution in [-0.4, -0.2) is 35.6 Å². The quantitative estimate of drug-likeness (QED) is 0.377. The van der Waals surface area contributed by atoms with E-state index in [1.807, 2.05) is 60.7 Å². The first-order valence-electron chi connectivity index (χ1n) is 11.4. The number of thiazole rings is 1. The van der Waals surface area contributed by atoms with E-state index in [1.54, 1.807) is 17.5 Å². The molecule has 2 aromatic carbocycles. The minimum Gasteiger partial charge on any atom is -0.381 e. The van der Waals surface area contributed by atoms with Crippen molar-refractivity contribution in [3.05, 3.63) is 94.9 Å². The SMILES string of the molecule is O=C(NCC1(c2nc(-c3ccccc3)cs2)CCOCC1)c1ccc(Nc2ccccn2)cc1. The number of benzene rings is 2. The molecule has 0 unspecified atom stereocenters. The Morgan fingerprint density at radius 3 is 2.47 bits per heavy atom. The second-order valence-electron chi connectivity index (χ2n) is 8.40. The number of hydrogen-bond donors (Lipinski definition) is 2. The number of rotatable bonds is 7. The molecule has 0 saturated carbocycles. The summed E-state index contributed by atoms with van der Waals surface area (Å²) in [5.74, 6) is 0.676. The van der Waals surface area contributed by atoms with Gasteiger partial charge < -0.3 is 15.4 Å². The van der Waals surface area contributed by atoms with Crippen LogP contribution in [0.2, 0.25) is 0 Å². The molecule has 0 radical (unpaired) electrons. The van der Waals surface area contributed by atoms with E-state index in [2.05, 4.69) is 33.1 Å². The molecular weight excluding hydrogens is 444 g/mol. The predicted octanol–water partition coefficient (Wildman–Crippen LogP) is 5.43. The molecule has 1 aliphatic heterocycles. The highest BCUT2D eigenvalue weighted by Gasteiger charge is 2.37. The highest BCUT2D eigenvalue weighted by molar-refractivity contribution is 7.10. The molecule has 3 heterocycles. The van der Waals surface area contributed by atoms with Gasteiger partial charge in [0, 0.05) is 53.6 Å². The number of nitrogens with one attached hydrogen (secondary N) is 2. The fraction of sp³-hybridized carbons (Fsp3) is 0.222.